The molecule has 6 heteroatoms. The number of aliphatic carboxylic acids is 1. The van der Waals surface area contributed by atoms with E-state index in [9.17, 15) is 9.90 Å². The van der Waals surface area contributed by atoms with Crippen molar-refractivity contribution in [1.29, 1.82) is 0 Å². The fourth-order valence-electron chi connectivity index (χ4n) is 3.58. The summed E-state index contributed by atoms with van der Waals surface area (Å²) in [6, 6.07) is 9.64. The molecule has 1 aromatic heterocycles. The lowest BCUT2D eigenvalue weighted by atomic mass is 9.97. The van der Waals surface area contributed by atoms with Gasteiger partial charge < -0.3 is 24.3 Å². The molecule has 0 spiro atoms. The van der Waals surface area contributed by atoms with Gasteiger partial charge in [0.25, 0.3) is 0 Å². The summed E-state index contributed by atoms with van der Waals surface area (Å²) >= 11 is 0. The van der Waals surface area contributed by atoms with Crippen molar-refractivity contribution in [2.24, 2.45) is 0 Å². The predicted molar refractivity (Wildman–Crippen MR) is 109 cm³/mol. The van der Waals surface area contributed by atoms with Gasteiger partial charge in [-0.1, -0.05) is 32.0 Å². The van der Waals surface area contributed by atoms with Crippen LogP contribution in [-0.2, 0) is 11.2 Å². The number of aromatic nitrogens is 1. The maximum Gasteiger partial charge on any atom is 0.307 e. The monoisotopic (exact) mass is 383 g/mol. The van der Waals surface area contributed by atoms with Crippen molar-refractivity contribution in [3.63, 3.8) is 0 Å². The Labute approximate surface area is 164 Å². The smallest absolute Gasteiger partial charge is 0.307 e. The quantitative estimate of drug-likeness (QED) is 0.623. The molecule has 0 amide bonds. The molecule has 3 rings (SSSR count). The van der Waals surface area contributed by atoms with Gasteiger partial charge >= 0.3 is 5.97 Å². The van der Waals surface area contributed by atoms with Gasteiger partial charge in [0.15, 0.2) is 11.5 Å². The van der Waals surface area contributed by atoms with Crippen molar-refractivity contribution in [3.8, 4) is 28.5 Å². The first kappa shape index (κ1) is 19.6. The number of carboxylic acids is 1. The van der Waals surface area contributed by atoms with Crippen LogP contribution in [0, 0.1) is 0 Å². The van der Waals surface area contributed by atoms with E-state index in [1.54, 1.807) is 21.3 Å². The predicted octanol–water partition coefficient (Wildman–Crippen LogP) is 4.61. The van der Waals surface area contributed by atoms with Gasteiger partial charge in [0.05, 0.1) is 33.4 Å². The number of nitrogens with one attached hydrogen (secondary N) is 1. The van der Waals surface area contributed by atoms with Crippen LogP contribution in [0.2, 0.25) is 0 Å². The van der Waals surface area contributed by atoms with Crippen molar-refractivity contribution in [3.05, 3.63) is 41.5 Å². The third-order valence-corrected chi connectivity index (χ3v) is 4.88. The highest BCUT2D eigenvalue weighted by atomic mass is 16.5. The van der Waals surface area contributed by atoms with Gasteiger partial charge in [0.2, 0.25) is 5.75 Å². The van der Waals surface area contributed by atoms with E-state index in [0.29, 0.717) is 23.2 Å². The number of H-pyrrole nitrogens is 1. The van der Waals surface area contributed by atoms with Gasteiger partial charge in [-0.3, -0.25) is 4.79 Å². The summed E-state index contributed by atoms with van der Waals surface area (Å²) in [7, 11) is 4.66. The Bertz CT molecular complexity index is 994. The minimum absolute atomic E-state index is 0.0897. The molecule has 2 aromatic carbocycles. The van der Waals surface area contributed by atoms with Crippen molar-refractivity contribution >= 4 is 16.9 Å². The summed E-state index contributed by atoms with van der Waals surface area (Å²) in [5.41, 5.74) is 4.35. The van der Waals surface area contributed by atoms with Crippen LogP contribution in [0.1, 0.15) is 30.9 Å². The number of carboxylic acid groups (broad SMARTS) is 1. The number of carbonyl (C=O) groups is 1. The summed E-state index contributed by atoms with van der Waals surface area (Å²) in [6.07, 6.45) is -0.0897. The number of hydrogen-bond acceptors (Lipinski definition) is 4. The van der Waals surface area contributed by atoms with Crippen molar-refractivity contribution in [2.75, 3.05) is 21.3 Å². The van der Waals surface area contributed by atoms with Gasteiger partial charge in [-0.15, -0.1) is 0 Å². The second-order valence-electron chi connectivity index (χ2n) is 6.89. The Morgan fingerprint density at radius 1 is 1.07 bits per heavy atom. The molecule has 0 bridgehead atoms. The Morgan fingerprint density at radius 3 is 2.21 bits per heavy atom. The van der Waals surface area contributed by atoms with Gasteiger partial charge in [0, 0.05) is 16.5 Å². The van der Waals surface area contributed by atoms with Gasteiger partial charge in [-0.25, -0.2) is 0 Å². The topological polar surface area (TPSA) is 80.8 Å². The first-order chi connectivity index (χ1) is 13.4. The van der Waals surface area contributed by atoms with Gasteiger partial charge in [-0.2, -0.15) is 0 Å². The van der Waals surface area contributed by atoms with E-state index in [-0.39, 0.29) is 6.42 Å². The lowest BCUT2D eigenvalue weighted by Crippen LogP contribution is -2.01. The normalized spacial score (nSPS) is 11.1. The standard InChI is InChI=1S/C22H25NO5/c1-12(2)14-7-6-8-15-16(11-19(24)25)20(23-21(14)15)13-9-17(26-3)22(28-5)18(10-13)27-4/h6-10,12,23H,11H2,1-5H3,(H,24,25). The Morgan fingerprint density at radius 2 is 1.71 bits per heavy atom. The van der Waals surface area contributed by atoms with E-state index in [1.165, 1.54) is 0 Å². The summed E-state index contributed by atoms with van der Waals surface area (Å²) in [4.78, 5) is 15.0. The third kappa shape index (κ3) is 3.38. The largest absolute Gasteiger partial charge is 0.493 e. The Hall–Kier alpha value is -3.15. The molecule has 1 heterocycles. The minimum Gasteiger partial charge on any atom is -0.493 e. The molecular weight excluding hydrogens is 358 g/mol. The van der Waals surface area contributed by atoms with Crippen LogP contribution in [-0.4, -0.2) is 37.4 Å². The van der Waals surface area contributed by atoms with Crippen LogP contribution in [0.4, 0.5) is 0 Å². The molecule has 2 N–H and O–H groups in total. The van der Waals surface area contributed by atoms with Crippen molar-refractivity contribution in [2.45, 2.75) is 26.2 Å². The number of para-hydroxylation sites is 1. The number of ether oxygens (including phenoxy) is 3. The summed E-state index contributed by atoms with van der Waals surface area (Å²) in [5, 5.41) is 10.4. The third-order valence-electron chi connectivity index (χ3n) is 4.88. The fourth-order valence-corrected chi connectivity index (χ4v) is 3.58. The van der Waals surface area contributed by atoms with Crippen LogP contribution in [0.3, 0.4) is 0 Å². The molecule has 0 radical (unpaired) electrons. The molecule has 3 aromatic rings. The van der Waals surface area contributed by atoms with Crippen LogP contribution in [0.15, 0.2) is 30.3 Å². The van der Waals surface area contributed by atoms with Gasteiger partial charge in [0.1, 0.15) is 0 Å². The molecule has 0 aliphatic heterocycles. The lowest BCUT2D eigenvalue weighted by molar-refractivity contribution is -0.136. The zero-order valence-electron chi connectivity index (χ0n) is 16.8. The van der Waals surface area contributed by atoms with E-state index in [2.05, 4.69) is 24.9 Å². The summed E-state index contributed by atoms with van der Waals surface area (Å²) in [5.74, 6) is 0.937. The van der Waals surface area contributed by atoms with E-state index in [0.717, 1.165) is 33.3 Å². The van der Waals surface area contributed by atoms with E-state index in [4.69, 9.17) is 14.2 Å². The highest BCUT2D eigenvalue weighted by Gasteiger charge is 2.21. The first-order valence-corrected chi connectivity index (χ1v) is 9.06. The van der Waals surface area contributed by atoms with Crippen LogP contribution in [0.5, 0.6) is 17.2 Å². The minimum atomic E-state index is -0.885. The Kier molecular flexibility index (Phi) is 5.49. The molecule has 0 aliphatic rings. The van der Waals surface area contributed by atoms with Crippen LogP contribution in [0.25, 0.3) is 22.2 Å². The number of aromatic amines is 1. The average molecular weight is 383 g/mol. The van der Waals surface area contributed by atoms with E-state index >= 15 is 0 Å². The maximum atomic E-state index is 11.6. The summed E-state index contributed by atoms with van der Waals surface area (Å²) < 4.78 is 16.3. The second kappa shape index (κ2) is 7.84. The van der Waals surface area contributed by atoms with Crippen molar-refractivity contribution in [1.82, 2.24) is 4.98 Å². The second-order valence-corrected chi connectivity index (χ2v) is 6.89. The molecule has 148 valence electrons. The molecule has 28 heavy (non-hydrogen) atoms. The average Bonchev–Trinajstić information content (AvgIpc) is 3.04. The van der Waals surface area contributed by atoms with Crippen molar-refractivity contribution < 1.29 is 24.1 Å². The van der Waals surface area contributed by atoms with E-state index in [1.807, 2.05) is 24.3 Å². The molecule has 0 atom stereocenters. The number of methoxy groups -OCH3 is 3. The molecule has 0 aliphatic carbocycles. The van der Waals surface area contributed by atoms with E-state index < -0.39 is 5.97 Å². The Balaban J connectivity index is 2.33. The molecule has 0 saturated carbocycles. The number of hydrogen-bond donors (Lipinski definition) is 2. The van der Waals surface area contributed by atoms with Gasteiger partial charge in [-0.05, 0) is 29.2 Å². The highest BCUT2D eigenvalue weighted by molar-refractivity contribution is 5.96. The number of rotatable bonds is 7. The SMILES string of the molecule is COc1cc(-c2[nH]c3c(C(C)C)cccc3c2CC(=O)O)cc(OC)c1OC. The highest BCUT2D eigenvalue weighted by Crippen LogP contribution is 2.43. The molecule has 6 nitrogen and oxygen atoms in total. The molecular formula is C22H25NO5. The zero-order valence-corrected chi connectivity index (χ0v) is 16.8. The lowest BCUT2D eigenvalue weighted by Gasteiger charge is -2.14. The maximum absolute atomic E-state index is 11.6. The van der Waals surface area contributed by atoms with Crippen LogP contribution >= 0.6 is 0 Å². The number of fused-ring (bicyclic) bond motifs is 1. The fraction of sp³-hybridized carbons (Fsp3) is 0.318. The zero-order chi connectivity index (χ0) is 20.4. The molecule has 0 saturated heterocycles. The molecule has 0 fully saturated rings. The first-order valence-electron chi connectivity index (χ1n) is 9.06. The van der Waals surface area contributed by atoms with Crippen LogP contribution < -0.4 is 14.2 Å². The summed E-state index contributed by atoms with van der Waals surface area (Å²) in [6.45, 7) is 4.23. The molecule has 0 unspecified atom stereocenters. The number of benzene rings is 2.